The summed E-state index contributed by atoms with van der Waals surface area (Å²) in [5.41, 5.74) is 11.0. The van der Waals surface area contributed by atoms with E-state index in [2.05, 4.69) is 5.32 Å². The fraction of sp³-hybridized carbons (Fsp3) is 0.417. The second kappa shape index (κ2) is 6.20. The van der Waals surface area contributed by atoms with Crippen LogP contribution in [0.2, 0.25) is 0 Å². The average molecular weight is 239 g/mol. The minimum atomic E-state index is -0.780. The molecule has 94 valence electrons. The van der Waals surface area contributed by atoms with Gasteiger partial charge in [-0.1, -0.05) is 19.4 Å². The molecule has 5 heteroatoms. The Balaban J connectivity index is 2.97. The van der Waals surface area contributed by atoms with Crippen molar-refractivity contribution in [2.75, 3.05) is 11.9 Å². The molecule has 5 N–H and O–H groups in total. The van der Waals surface area contributed by atoms with Gasteiger partial charge in [-0.3, -0.25) is 4.79 Å². The molecule has 0 bridgehead atoms. The highest BCUT2D eigenvalue weighted by atomic mass is 19.1. The number of nitrogens with one attached hydrogen (secondary N) is 1. The molecular weight excluding hydrogens is 221 g/mol. The summed E-state index contributed by atoms with van der Waals surface area (Å²) >= 11 is 0. The Labute approximate surface area is 100 Å². The molecule has 17 heavy (non-hydrogen) atoms. The van der Waals surface area contributed by atoms with E-state index in [9.17, 15) is 9.18 Å². The monoisotopic (exact) mass is 239 g/mol. The van der Waals surface area contributed by atoms with E-state index in [1.807, 2.05) is 6.92 Å². The summed E-state index contributed by atoms with van der Waals surface area (Å²) in [4.78, 5) is 11.2. The molecular formula is C12H18FN3O. The van der Waals surface area contributed by atoms with Crippen LogP contribution in [0.5, 0.6) is 0 Å². The topological polar surface area (TPSA) is 81.1 Å². The highest BCUT2D eigenvalue weighted by molar-refractivity contribution is 5.98. The summed E-state index contributed by atoms with van der Waals surface area (Å²) in [6.45, 7) is 2.45. The minimum Gasteiger partial charge on any atom is -0.380 e. The van der Waals surface area contributed by atoms with Crippen LogP contribution in [-0.2, 0) is 0 Å². The summed E-state index contributed by atoms with van der Waals surface area (Å²) < 4.78 is 13.5. The van der Waals surface area contributed by atoms with Crippen molar-refractivity contribution in [2.45, 2.75) is 25.8 Å². The zero-order chi connectivity index (χ0) is 12.8. The van der Waals surface area contributed by atoms with Gasteiger partial charge in [0.05, 0.1) is 11.3 Å². The van der Waals surface area contributed by atoms with Gasteiger partial charge in [0.2, 0.25) is 0 Å². The molecule has 4 nitrogen and oxygen atoms in total. The predicted octanol–water partition coefficient (Wildman–Crippen LogP) is 1.46. The van der Waals surface area contributed by atoms with Crippen molar-refractivity contribution in [1.82, 2.24) is 0 Å². The van der Waals surface area contributed by atoms with E-state index >= 15 is 0 Å². The number of halogens is 1. The first-order valence-electron chi connectivity index (χ1n) is 5.65. The van der Waals surface area contributed by atoms with Gasteiger partial charge in [-0.15, -0.1) is 0 Å². The van der Waals surface area contributed by atoms with Crippen molar-refractivity contribution < 1.29 is 9.18 Å². The van der Waals surface area contributed by atoms with Gasteiger partial charge in [-0.05, 0) is 18.6 Å². The Morgan fingerprint density at radius 2 is 2.24 bits per heavy atom. The van der Waals surface area contributed by atoms with Crippen molar-refractivity contribution in [3.63, 3.8) is 0 Å². The van der Waals surface area contributed by atoms with Crippen molar-refractivity contribution >= 4 is 11.6 Å². The van der Waals surface area contributed by atoms with Crippen molar-refractivity contribution in [2.24, 2.45) is 11.5 Å². The Hall–Kier alpha value is -1.62. The molecule has 0 saturated heterocycles. The number of primary amides is 1. The third-order valence-corrected chi connectivity index (χ3v) is 2.54. The van der Waals surface area contributed by atoms with Gasteiger partial charge in [0.1, 0.15) is 5.82 Å². The average Bonchev–Trinajstić information content (AvgIpc) is 2.28. The normalized spacial score (nSPS) is 12.2. The minimum absolute atomic E-state index is 0.0138. The summed E-state index contributed by atoms with van der Waals surface area (Å²) in [5, 5.41) is 3.05. The Morgan fingerprint density at radius 1 is 1.53 bits per heavy atom. The number of anilines is 1. The van der Waals surface area contributed by atoms with Crippen LogP contribution in [0.1, 0.15) is 30.1 Å². The molecule has 1 aromatic rings. The van der Waals surface area contributed by atoms with E-state index < -0.39 is 11.7 Å². The second-order valence-electron chi connectivity index (χ2n) is 3.89. The quantitative estimate of drug-likeness (QED) is 0.703. The van der Waals surface area contributed by atoms with Crippen LogP contribution in [-0.4, -0.2) is 18.5 Å². The van der Waals surface area contributed by atoms with Gasteiger partial charge in [0.15, 0.2) is 0 Å². The highest BCUT2D eigenvalue weighted by Gasteiger charge is 2.15. The molecule has 1 rings (SSSR count). The lowest BCUT2D eigenvalue weighted by Crippen LogP contribution is -2.30. The first-order chi connectivity index (χ1) is 8.10. The molecule has 0 radical (unpaired) electrons. The van der Waals surface area contributed by atoms with Crippen LogP contribution >= 0.6 is 0 Å². The number of rotatable bonds is 6. The van der Waals surface area contributed by atoms with Crippen LogP contribution in [0, 0.1) is 5.82 Å². The zero-order valence-corrected chi connectivity index (χ0v) is 9.87. The molecule has 0 fully saturated rings. The fourth-order valence-corrected chi connectivity index (χ4v) is 1.71. The molecule has 1 atom stereocenters. The highest BCUT2D eigenvalue weighted by Crippen LogP contribution is 2.19. The number of hydrogen-bond acceptors (Lipinski definition) is 3. The van der Waals surface area contributed by atoms with Gasteiger partial charge >= 0.3 is 0 Å². The van der Waals surface area contributed by atoms with Crippen molar-refractivity contribution in [1.29, 1.82) is 0 Å². The molecule has 0 heterocycles. The van der Waals surface area contributed by atoms with E-state index in [-0.39, 0.29) is 11.6 Å². The lowest BCUT2D eigenvalue weighted by molar-refractivity contribution is 0.0997. The van der Waals surface area contributed by atoms with Crippen molar-refractivity contribution in [3.05, 3.63) is 29.6 Å². The van der Waals surface area contributed by atoms with Crippen LogP contribution < -0.4 is 16.8 Å². The maximum Gasteiger partial charge on any atom is 0.253 e. The van der Waals surface area contributed by atoms with Gasteiger partial charge in [0.25, 0.3) is 5.91 Å². The predicted molar refractivity (Wildman–Crippen MR) is 66.3 cm³/mol. The SMILES string of the molecule is CCCC(CN)Nc1cccc(F)c1C(N)=O. The van der Waals surface area contributed by atoms with Crippen LogP contribution in [0.15, 0.2) is 18.2 Å². The Kier molecular flexibility index (Phi) is 4.90. The standard InChI is InChI=1S/C12H18FN3O/c1-2-4-8(7-14)16-10-6-3-5-9(13)11(10)12(15)17/h3,5-6,8,16H,2,4,7,14H2,1H3,(H2,15,17). The van der Waals surface area contributed by atoms with E-state index in [1.165, 1.54) is 12.1 Å². The first kappa shape index (κ1) is 13.4. The second-order valence-corrected chi connectivity index (χ2v) is 3.89. The summed E-state index contributed by atoms with van der Waals surface area (Å²) in [5.74, 6) is -1.40. The van der Waals surface area contributed by atoms with E-state index in [0.717, 1.165) is 12.8 Å². The fourth-order valence-electron chi connectivity index (χ4n) is 1.71. The molecule has 0 aliphatic carbocycles. The van der Waals surface area contributed by atoms with E-state index in [0.29, 0.717) is 12.2 Å². The molecule has 1 aromatic carbocycles. The Bertz CT molecular complexity index is 395. The van der Waals surface area contributed by atoms with Crippen LogP contribution in [0.3, 0.4) is 0 Å². The largest absolute Gasteiger partial charge is 0.380 e. The zero-order valence-electron chi connectivity index (χ0n) is 9.87. The lowest BCUT2D eigenvalue weighted by atomic mass is 10.1. The maximum atomic E-state index is 13.5. The Morgan fingerprint density at radius 3 is 2.76 bits per heavy atom. The smallest absolute Gasteiger partial charge is 0.253 e. The summed E-state index contributed by atoms with van der Waals surface area (Å²) in [7, 11) is 0. The molecule has 0 spiro atoms. The van der Waals surface area contributed by atoms with Gasteiger partial charge < -0.3 is 16.8 Å². The molecule has 0 saturated carbocycles. The number of nitrogens with two attached hydrogens (primary N) is 2. The van der Waals surface area contributed by atoms with Crippen LogP contribution in [0.4, 0.5) is 10.1 Å². The number of benzene rings is 1. The number of hydrogen-bond donors (Lipinski definition) is 3. The molecule has 0 aliphatic rings. The number of carbonyl (C=O) groups excluding carboxylic acids is 1. The molecule has 0 aliphatic heterocycles. The number of amides is 1. The van der Waals surface area contributed by atoms with Gasteiger partial charge in [0, 0.05) is 12.6 Å². The number of carbonyl (C=O) groups is 1. The third-order valence-electron chi connectivity index (χ3n) is 2.54. The van der Waals surface area contributed by atoms with E-state index in [1.54, 1.807) is 6.07 Å². The molecule has 1 unspecified atom stereocenters. The molecule has 1 amide bonds. The van der Waals surface area contributed by atoms with Crippen molar-refractivity contribution in [3.8, 4) is 0 Å². The van der Waals surface area contributed by atoms with Gasteiger partial charge in [-0.25, -0.2) is 4.39 Å². The third kappa shape index (κ3) is 3.42. The summed E-state index contributed by atoms with van der Waals surface area (Å²) in [6.07, 6.45) is 1.81. The maximum absolute atomic E-state index is 13.5. The summed E-state index contributed by atoms with van der Waals surface area (Å²) in [6, 6.07) is 4.38. The lowest BCUT2D eigenvalue weighted by Gasteiger charge is -2.19. The van der Waals surface area contributed by atoms with Gasteiger partial charge in [-0.2, -0.15) is 0 Å². The first-order valence-corrected chi connectivity index (χ1v) is 5.65. The molecule has 0 aromatic heterocycles. The van der Waals surface area contributed by atoms with E-state index in [4.69, 9.17) is 11.5 Å². The van der Waals surface area contributed by atoms with Crippen LogP contribution in [0.25, 0.3) is 0 Å².